The third-order valence-corrected chi connectivity index (χ3v) is 7.09. The Bertz CT molecular complexity index is 1160. The fraction of sp³-hybridized carbons (Fsp3) is 0.577. The highest BCUT2D eigenvalue weighted by Crippen LogP contribution is 2.46. The van der Waals surface area contributed by atoms with Gasteiger partial charge in [-0.25, -0.2) is 8.78 Å². The van der Waals surface area contributed by atoms with Crippen LogP contribution in [0.3, 0.4) is 0 Å². The summed E-state index contributed by atoms with van der Waals surface area (Å²) in [5, 5.41) is 15.2. The van der Waals surface area contributed by atoms with Gasteiger partial charge in [0.2, 0.25) is 11.8 Å². The van der Waals surface area contributed by atoms with Crippen LogP contribution in [-0.4, -0.2) is 71.1 Å². The number of carbonyl (C=O) groups excluding carboxylic acids is 4. The molecule has 1 spiro atoms. The lowest BCUT2D eigenvalue weighted by Gasteiger charge is -2.37. The van der Waals surface area contributed by atoms with Crippen molar-refractivity contribution in [3.63, 3.8) is 0 Å². The maximum Gasteiger partial charge on any atom is 0.312 e. The third kappa shape index (κ3) is 5.29. The Kier molecular flexibility index (Phi) is 6.97. The van der Waals surface area contributed by atoms with Crippen LogP contribution in [0.4, 0.5) is 14.5 Å². The molecule has 1 aromatic rings. The molecule has 2 fully saturated rings. The van der Waals surface area contributed by atoms with Crippen LogP contribution in [0, 0.1) is 16.7 Å². The predicted molar refractivity (Wildman–Crippen MR) is 129 cm³/mol. The van der Waals surface area contributed by atoms with Gasteiger partial charge in [0.1, 0.15) is 12.1 Å². The van der Waals surface area contributed by atoms with Gasteiger partial charge in [0.15, 0.2) is 0 Å². The van der Waals surface area contributed by atoms with Crippen molar-refractivity contribution in [1.82, 2.24) is 15.1 Å². The van der Waals surface area contributed by atoms with Crippen LogP contribution < -0.4 is 10.6 Å². The van der Waals surface area contributed by atoms with E-state index in [0.29, 0.717) is 29.0 Å². The summed E-state index contributed by atoms with van der Waals surface area (Å²) in [7, 11) is 0. The first-order valence-electron chi connectivity index (χ1n) is 12.4. The second kappa shape index (κ2) is 9.72. The second-order valence-corrected chi connectivity index (χ2v) is 11.3. The number of likely N-dealkylation sites (tertiary alicyclic amines) is 1. The number of nitrogens with one attached hydrogen (secondary N) is 2. The number of halogens is 2. The van der Waals surface area contributed by atoms with Crippen LogP contribution in [0.25, 0.3) is 0 Å². The summed E-state index contributed by atoms with van der Waals surface area (Å²) >= 11 is 0. The van der Waals surface area contributed by atoms with Crippen LogP contribution in [0.2, 0.25) is 0 Å². The van der Waals surface area contributed by atoms with E-state index in [0.717, 1.165) is 0 Å². The van der Waals surface area contributed by atoms with Crippen LogP contribution in [0.15, 0.2) is 24.3 Å². The van der Waals surface area contributed by atoms with E-state index in [-0.39, 0.29) is 31.3 Å². The largest absolute Gasteiger partial charge is 0.345 e. The van der Waals surface area contributed by atoms with E-state index in [4.69, 9.17) is 0 Å². The molecular weight excluding hydrogens is 484 g/mol. The molecule has 0 aromatic heterocycles. The summed E-state index contributed by atoms with van der Waals surface area (Å²) in [6, 6.07) is 6.48. The van der Waals surface area contributed by atoms with Gasteiger partial charge in [0, 0.05) is 24.7 Å². The number of fused-ring (bicyclic) bond motifs is 2. The van der Waals surface area contributed by atoms with Gasteiger partial charge in [0.25, 0.3) is 6.43 Å². The van der Waals surface area contributed by atoms with E-state index in [2.05, 4.69) is 16.7 Å². The number of amides is 4. The Hall–Kier alpha value is -3.55. The first-order chi connectivity index (χ1) is 17.4. The van der Waals surface area contributed by atoms with Crippen LogP contribution in [-0.2, 0) is 24.6 Å². The number of alkyl halides is 2. The molecule has 3 atom stereocenters. The minimum Gasteiger partial charge on any atom is -0.345 e. The summed E-state index contributed by atoms with van der Waals surface area (Å²) in [4.78, 5) is 54.6. The highest BCUT2D eigenvalue weighted by molar-refractivity contribution is 6.35. The molecule has 0 unspecified atom stereocenters. The maximum absolute atomic E-state index is 14.0. The monoisotopic (exact) mass is 515 g/mol. The van der Waals surface area contributed by atoms with Gasteiger partial charge >= 0.3 is 11.8 Å². The first-order valence-corrected chi connectivity index (χ1v) is 12.4. The van der Waals surface area contributed by atoms with Crippen molar-refractivity contribution in [1.29, 1.82) is 5.26 Å². The number of anilines is 1. The zero-order chi connectivity index (χ0) is 27.1. The van der Waals surface area contributed by atoms with Gasteiger partial charge in [-0.05, 0) is 36.3 Å². The Balaban J connectivity index is 1.69. The van der Waals surface area contributed by atoms with E-state index in [9.17, 15) is 33.2 Å². The number of nitrogens with zero attached hydrogens (tertiary/aromatic N) is 3. The molecule has 2 N–H and O–H groups in total. The number of hydrogen-bond donors (Lipinski definition) is 2. The standard InChI is InChI=1S/C26H31F2N5O4/c1-25(2,3)11-19(32(13-20(27)28)23(36)21(34)30-15-8-9-15)22(35)33-14-26(10-16(33)12-29)17-6-4-5-7-18(17)31-24(26)37/h4-7,15-16,19-20H,8-11,13-14H2,1-3H3,(H,30,34)(H,31,37)/t16-,19-,26-/m0/s1. The lowest BCUT2D eigenvalue weighted by Crippen LogP contribution is -2.57. The van der Waals surface area contributed by atoms with E-state index in [1.54, 1.807) is 45.0 Å². The highest BCUT2D eigenvalue weighted by Gasteiger charge is 2.57. The fourth-order valence-electron chi connectivity index (χ4n) is 5.19. The summed E-state index contributed by atoms with van der Waals surface area (Å²) in [6.45, 7) is 4.12. The lowest BCUT2D eigenvalue weighted by molar-refractivity contribution is -0.154. The van der Waals surface area contributed by atoms with Gasteiger partial charge in [-0.2, -0.15) is 5.26 Å². The van der Waals surface area contributed by atoms with Gasteiger partial charge < -0.3 is 20.4 Å². The number of para-hydroxylation sites is 1. The third-order valence-electron chi connectivity index (χ3n) is 7.09. The molecule has 2 aliphatic heterocycles. The molecule has 2 heterocycles. The maximum atomic E-state index is 14.0. The zero-order valence-electron chi connectivity index (χ0n) is 21.1. The van der Waals surface area contributed by atoms with Crippen molar-refractivity contribution in [3.8, 4) is 6.07 Å². The Morgan fingerprint density at radius 2 is 1.95 bits per heavy atom. The Labute approximate surface area is 214 Å². The number of carbonyl (C=O) groups is 4. The molecule has 0 radical (unpaired) electrons. The predicted octanol–water partition coefficient (Wildman–Crippen LogP) is 2.18. The summed E-state index contributed by atoms with van der Waals surface area (Å²) in [5.74, 6) is -3.32. The molecular formula is C26H31F2N5O4. The lowest BCUT2D eigenvalue weighted by atomic mass is 9.80. The summed E-state index contributed by atoms with van der Waals surface area (Å²) in [5.41, 5.74) is -0.506. The van der Waals surface area contributed by atoms with Crippen molar-refractivity contribution < 1.29 is 28.0 Å². The number of hydrogen-bond acceptors (Lipinski definition) is 5. The average Bonchev–Trinajstić information content (AvgIpc) is 3.49. The SMILES string of the molecule is CC(C)(C)C[C@@H](C(=O)N1C[C@]2(C[C@H]1C#N)C(=O)Nc1ccccc12)N(CC(F)F)C(=O)C(=O)NC1CC1. The zero-order valence-corrected chi connectivity index (χ0v) is 21.1. The molecule has 1 aromatic carbocycles. The van der Waals surface area contributed by atoms with Crippen LogP contribution >= 0.6 is 0 Å². The van der Waals surface area contributed by atoms with Gasteiger partial charge in [-0.1, -0.05) is 39.0 Å². The fourth-order valence-corrected chi connectivity index (χ4v) is 5.19. The molecule has 3 aliphatic rings. The molecule has 11 heteroatoms. The molecule has 1 aliphatic carbocycles. The number of nitriles is 1. The molecule has 9 nitrogen and oxygen atoms in total. The molecule has 1 saturated heterocycles. The Morgan fingerprint density at radius 3 is 2.54 bits per heavy atom. The smallest absolute Gasteiger partial charge is 0.312 e. The van der Waals surface area contributed by atoms with Crippen LogP contribution in [0.1, 0.15) is 52.0 Å². The van der Waals surface area contributed by atoms with Gasteiger partial charge in [-0.15, -0.1) is 0 Å². The first kappa shape index (κ1) is 26.5. The van der Waals surface area contributed by atoms with Crippen LogP contribution in [0.5, 0.6) is 0 Å². The number of rotatable bonds is 6. The van der Waals surface area contributed by atoms with Crippen molar-refractivity contribution in [2.45, 2.75) is 76.4 Å². The van der Waals surface area contributed by atoms with Gasteiger partial charge in [-0.3, -0.25) is 19.2 Å². The van der Waals surface area contributed by atoms with Crippen molar-refractivity contribution >= 4 is 29.3 Å². The molecule has 4 amide bonds. The quantitative estimate of drug-likeness (QED) is 0.563. The molecule has 37 heavy (non-hydrogen) atoms. The molecule has 1 saturated carbocycles. The Morgan fingerprint density at radius 1 is 1.27 bits per heavy atom. The molecule has 198 valence electrons. The van der Waals surface area contributed by atoms with Crippen molar-refractivity contribution in [3.05, 3.63) is 29.8 Å². The average molecular weight is 516 g/mol. The van der Waals surface area contributed by atoms with E-state index in [1.165, 1.54) is 4.90 Å². The second-order valence-electron chi connectivity index (χ2n) is 11.3. The summed E-state index contributed by atoms with van der Waals surface area (Å²) < 4.78 is 27.3. The number of benzene rings is 1. The molecule has 0 bridgehead atoms. The highest BCUT2D eigenvalue weighted by atomic mass is 19.3. The van der Waals surface area contributed by atoms with Crippen molar-refractivity contribution in [2.24, 2.45) is 5.41 Å². The topological polar surface area (TPSA) is 123 Å². The van der Waals surface area contributed by atoms with Gasteiger partial charge in [0.05, 0.1) is 18.0 Å². The van der Waals surface area contributed by atoms with E-state index in [1.807, 2.05) is 0 Å². The van der Waals surface area contributed by atoms with E-state index < -0.39 is 53.6 Å². The van der Waals surface area contributed by atoms with E-state index >= 15 is 0 Å². The minimum atomic E-state index is -2.99. The molecule has 4 rings (SSSR count). The normalized spacial score (nSPS) is 23.4. The summed E-state index contributed by atoms with van der Waals surface area (Å²) in [6.07, 6.45) is -1.59. The van der Waals surface area contributed by atoms with Crippen molar-refractivity contribution in [2.75, 3.05) is 18.4 Å². The minimum absolute atomic E-state index is 0.0224.